The van der Waals surface area contributed by atoms with E-state index in [1.807, 2.05) is 36.5 Å². The quantitative estimate of drug-likeness (QED) is 0.163. The molecule has 0 aliphatic carbocycles. The first-order chi connectivity index (χ1) is 28.7. The maximum atomic E-state index is 6.26. The number of pyridine rings is 1. The molecule has 0 unspecified atom stereocenters. The number of para-hydroxylation sites is 2. The van der Waals surface area contributed by atoms with Crippen molar-refractivity contribution >= 4 is 32.9 Å². The molecule has 0 aliphatic heterocycles. The summed E-state index contributed by atoms with van der Waals surface area (Å²) in [6, 6.07) is 72.7. The average Bonchev–Trinajstić information content (AvgIpc) is 3.89. The number of benzene rings is 8. The van der Waals surface area contributed by atoms with Gasteiger partial charge in [-0.25, -0.2) is 4.98 Å². The molecule has 4 heteroatoms. The van der Waals surface area contributed by atoms with Crippen LogP contribution in [0.5, 0.6) is 0 Å². The minimum Gasteiger partial charge on any atom is -0.436 e. The Hall–Kier alpha value is -7.82. The highest BCUT2D eigenvalue weighted by Crippen LogP contribution is 2.38. The molecule has 0 N–H and O–H groups in total. The van der Waals surface area contributed by atoms with Gasteiger partial charge in [0, 0.05) is 39.3 Å². The summed E-state index contributed by atoms with van der Waals surface area (Å²) in [6.45, 7) is 0. The van der Waals surface area contributed by atoms with Crippen molar-refractivity contribution < 1.29 is 4.42 Å². The molecule has 58 heavy (non-hydrogen) atoms. The molecule has 0 aliphatic rings. The maximum absolute atomic E-state index is 6.26. The minimum absolute atomic E-state index is 0.604. The predicted molar refractivity (Wildman–Crippen MR) is 239 cm³/mol. The lowest BCUT2D eigenvalue weighted by Crippen LogP contribution is -1.95. The van der Waals surface area contributed by atoms with Gasteiger partial charge in [-0.1, -0.05) is 152 Å². The Bertz CT molecular complexity index is 3200. The van der Waals surface area contributed by atoms with Gasteiger partial charge in [0.1, 0.15) is 5.52 Å². The highest BCUT2D eigenvalue weighted by molar-refractivity contribution is 6.11. The van der Waals surface area contributed by atoms with E-state index in [-0.39, 0.29) is 0 Å². The number of hydrogen-bond donors (Lipinski definition) is 0. The molecule has 4 nitrogen and oxygen atoms in total. The van der Waals surface area contributed by atoms with E-state index in [1.165, 1.54) is 38.8 Å². The molecule has 272 valence electrons. The van der Waals surface area contributed by atoms with E-state index in [0.29, 0.717) is 5.89 Å². The van der Waals surface area contributed by atoms with Gasteiger partial charge in [0.25, 0.3) is 0 Å². The normalized spacial score (nSPS) is 11.4. The monoisotopic (exact) mass is 741 g/mol. The fraction of sp³-hybridized carbons (Fsp3) is 0. The first kappa shape index (κ1) is 33.5. The largest absolute Gasteiger partial charge is 0.436 e. The van der Waals surface area contributed by atoms with Gasteiger partial charge < -0.3 is 8.98 Å². The summed E-state index contributed by atoms with van der Waals surface area (Å²) in [6.07, 6.45) is 1.97. The molecule has 0 saturated heterocycles. The van der Waals surface area contributed by atoms with Crippen LogP contribution in [0.3, 0.4) is 0 Å². The Labute approximate surface area is 336 Å². The molecule has 0 atom stereocenters. The number of fused-ring (bicyclic) bond motifs is 4. The van der Waals surface area contributed by atoms with Crippen LogP contribution in [-0.2, 0) is 0 Å². The number of hydrogen-bond acceptors (Lipinski definition) is 3. The van der Waals surface area contributed by atoms with Crippen molar-refractivity contribution in [2.75, 3.05) is 0 Å². The number of rotatable bonds is 7. The van der Waals surface area contributed by atoms with Gasteiger partial charge in [0.05, 0.1) is 16.7 Å². The SMILES string of the molecule is c1ccc(-c2ccc(-c3ccc(-c4cccc(-n5c6ccc(-c7ccc(-c8ccccc8)cc7)cc6c6ccc(-c7nc8ccccc8o7)cc65)c4)nc3)cc2)cc1. The van der Waals surface area contributed by atoms with E-state index >= 15 is 0 Å². The highest BCUT2D eigenvalue weighted by atomic mass is 16.3. The topological polar surface area (TPSA) is 43.9 Å². The van der Waals surface area contributed by atoms with Gasteiger partial charge in [-0.05, 0) is 93.5 Å². The maximum Gasteiger partial charge on any atom is 0.227 e. The Morgan fingerprint density at radius 3 is 1.60 bits per heavy atom. The summed E-state index contributed by atoms with van der Waals surface area (Å²) in [4.78, 5) is 9.81. The van der Waals surface area contributed by atoms with Gasteiger partial charge in [0.2, 0.25) is 5.89 Å². The second-order valence-corrected chi connectivity index (χ2v) is 14.7. The first-order valence-corrected chi connectivity index (χ1v) is 19.5. The summed E-state index contributed by atoms with van der Waals surface area (Å²) in [5, 5.41) is 2.33. The van der Waals surface area contributed by atoms with E-state index in [9.17, 15) is 0 Å². The Morgan fingerprint density at radius 1 is 0.362 bits per heavy atom. The molecule has 0 amide bonds. The zero-order valence-electron chi connectivity index (χ0n) is 31.5. The lowest BCUT2D eigenvalue weighted by Gasteiger charge is -2.11. The Balaban J connectivity index is 0.991. The van der Waals surface area contributed by atoms with Crippen molar-refractivity contribution in [2.24, 2.45) is 0 Å². The Morgan fingerprint density at radius 2 is 0.931 bits per heavy atom. The standard InChI is InChI=1S/C54H35N3O/c1-3-10-36(11-4-1)38-18-22-40(23-19-38)42-28-31-51-48(33-42)47-29-26-44(54-56-50-16-7-8-17-53(50)58-54)34-52(47)57(51)46-15-9-14-43(32-46)49-30-27-45(35-55-49)41-24-20-39(21-25-41)37-12-5-2-6-13-37/h1-35H. The van der Waals surface area contributed by atoms with Gasteiger partial charge in [-0.2, -0.15) is 0 Å². The summed E-state index contributed by atoms with van der Waals surface area (Å²) < 4.78 is 8.61. The summed E-state index contributed by atoms with van der Waals surface area (Å²) in [5.74, 6) is 0.604. The number of oxazole rings is 1. The third kappa shape index (κ3) is 6.05. The van der Waals surface area contributed by atoms with Crippen LogP contribution in [-0.4, -0.2) is 14.5 Å². The van der Waals surface area contributed by atoms with Crippen LogP contribution < -0.4 is 0 Å². The molecular formula is C54H35N3O. The average molecular weight is 742 g/mol. The van der Waals surface area contributed by atoms with Crippen LogP contribution in [0.25, 0.3) is 106 Å². The number of nitrogens with zero attached hydrogens (tertiary/aromatic N) is 3. The van der Waals surface area contributed by atoms with E-state index < -0.39 is 0 Å². The summed E-state index contributed by atoms with van der Waals surface area (Å²) >= 11 is 0. The summed E-state index contributed by atoms with van der Waals surface area (Å²) in [5.41, 5.74) is 17.1. The van der Waals surface area contributed by atoms with Crippen LogP contribution in [0.15, 0.2) is 217 Å². The predicted octanol–water partition coefficient (Wildman–Crippen LogP) is 14.3. The zero-order valence-corrected chi connectivity index (χ0v) is 31.5. The van der Waals surface area contributed by atoms with Crippen molar-refractivity contribution in [3.63, 3.8) is 0 Å². The molecule has 11 rings (SSSR count). The third-order valence-electron chi connectivity index (χ3n) is 11.1. The van der Waals surface area contributed by atoms with Gasteiger partial charge in [0.15, 0.2) is 5.58 Å². The van der Waals surface area contributed by atoms with E-state index in [1.54, 1.807) is 0 Å². The Kier molecular flexibility index (Phi) is 8.11. The molecule has 8 aromatic carbocycles. The van der Waals surface area contributed by atoms with Crippen molar-refractivity contribution in [3.05, 3.63) is 212 Å². The van der Waals surface area contributed by atoms with Crippen LogP contribution in [0.2, 0.25) is 0 Å². The van der Waals surface area contributed by atoms with Gasteiger partial charge >= 0.3 is 0 Å². The van der Waals surface area contributed by atoms with Crippen LogP contribution in [0.1, 0.15) is 0 Å². The molecular weight excluding hydrogens is 707 g/mol. The van der Waals surface area contributed by atoms with Crippen LogP contribution in [0, 0.1) is 0 Å². The fourth-order valence-corrected chi connectivity index (χ4v) is 8.12. The van der Waals surface area contributed by atoms with Gasteiger partial charge in [-0.3, -0.25) is 4.98 Å². The zero-order chi connectivity index (χ0) is 38.4. The lowest BCUT2D eigenvalue weighted by atomic mass is 9.99. The minimum atomic E-state index is 0.604. The lowest BCUT2D eigenvalue weighted by molar-refractivity contribution is 0.620. The van der Waals surface area contributed by atoms with Crippen LogP contribution in [0.4, 0.5) is 0 Å². The van der Waals surface area contributed by atoms with E-state index in [2.05, 4.69) is 180 Å². The third-order valence-corrected chi connectivity index (χ3v) is 11.1. The second kappa shape index (κ2) is 14.0. The molecule has 0 bridgehead atoms. The molecule has 0 spiro atoms. The fourth-order valence-electron chi connectivity index (χ4n) is 8.12. The van der Waals surface area contributed by atoms with E-state index in [0.717, 1.165) is 61.2 Å². The molecule has 11 aromatic rings. The molecule has 0 radical (unpaired) electrons. The molecule has 3 aromatic heterocycles. The van der Waals surface area contributed by atoms with Crippen LogP contribution >= 0.6 is 0 Å². The highest BCUT2D eigenvalue weighted by Gasteiger charge is 2.17. The molecule has 3 heterocycles. The van der Waals surface area contributed by atoms with Gasteiger partial charge in [-0.15, -0.1) is 0 Å². The summed E-state index contributed by atoms with van der Waals surface area (Å²) in [7, 11) is 0. The first-order valence-electron chi connectivity index (χ1n) is 19.5. The second-order valence-electron chi connectivity index (χ2n) is 14.7. The molecule has 0 saturated carbocycles. The van der Waals surface area contributed by atoms with Crippen molar-refractivity contribution in [2.45, 2.75) is 0 Å². The van der Waals surface area contributed by atoms with Crippen molar-refractivity contribution in [3.8, 4) is 72.9 Å². The van der Waals surface area contributed by atoms with Crippen molar-refractivity contribution in [1.29, 1.82) is 0 Å². The van der Waals surface area contributed by atoms with Crippen molar-refractivity contribution in [1.82, 2.24) is 14.5 Å². The number of aromatic nitrogens is 3. The van der Waals surface area contributed by atoms with E-state index in [4.69, 9.17) is 14.4 Å². The smallest absolute Gasteiger partial charge is 0.227 e. The molecule has 0 fully saturated rings.